The standard InChI is InChI=1S/C9H5F5N2O/c1-4-6(17-9(12,13)14)3-16-5(2-15)7(4)8(10)11/h3,8H,1H3. The van der Waals surface area contributed by atoms with Crippen LogP contribution in [0.4, 0.5) is 22.0 Å². The maximum atomic E-state index is 12.6. The van der Waals surface area contributed by atoms with Gasteiger partial charge in [-0.3, -0.25) is 0 Å². The normalized spacial score (nSPS) is 11.4. The molecule has 0 radical (unpaired) electrons. The molecule has 17 heavy (non-hydrogen) atoms. The summed E-state index contributed by atoms with van der Waals surface area (Å²) in [5.41, 5.74) is -1.93. The third kappa shape index (κ3) is 3.03. The summed E-state index contributed by atoms with van der Waals surface area (Å²) >= 11 is 0. The molecule has 0 saturated carbocycles. The molecule has 1 aromatic heterocycles. The van der Waals surface area contributed by atoms with E-state index in [1.807, 2.05) is 0 Å². The van der Waals surface area contributed by atoms with E-state index in [0.29, 0.717) is 6.20 Å². The monoisotopic (exact) mass is 252 g/mol. The molecule has 0 aliphatic rings. The van der Waals surface area contributed by atoms with E-state index in [1.54, 1.807) is 0 Å². The molecular formula is C9H5F5N2O. The zero-order chi connectivity index (χ0) is 13.2. The Labute approximate surface area is 92.4 Å². The number of rotatable bonds is 2. The van der Waals surface area contributed by atoms with Crippen molar-refractivity contribution < 1.29 is 26.7 Å². The number of hydrogen-bond acceptors (Lipinski definition) is 3. The molecule has 0 unspecified atom stereocenters. The first-order valence-corrected chi connectivity index (χ1v) is 4.19. The summed E-state index contributed by atoms with van der Waals surface area (Å²) in [5, 5.41) is 8.51. The van der Waals surface area contributed by atoms with Crippen LogP contribution in [-0.4, -0.2) is 11.3 Å². The number of alkyl halides is 5. The van der Waals surface area contributed by atoms with Gasteiger partial charge in [-0.1, -0.05) is 0 Å². The minimum atomic E-state index is -5.00. The van der Waals surface area contributed by atoms with Gasteiger partial charge in [0.25, 0.3) is 6.43 Å². The van der Waals surface area contributed by atoms with Crippen molar-refractivity contribution in [3.05, 3.63) is 23.0 Å². The molecular weight excluding hydrogens is 247 g/mol. The predicted octanol–water partition coefficient (Wildman–Crippen LogP) is 3.10. The summed E-state index contributed by atoms with van der Waals surface area (Å²) < 4.78 is 64.4. The van der Waals surface area contributed by atoms with Crippen LogP contribution in [0.2, 0.25) is 0 Å². The van der Waals surface area contributed by atoms with Crippen molar-refractivity contribution in [1.29, 1.82) is 5.26 Å². The third-order valence-corrected chi connectivity index (χ3v) is 1.89. The van der Waals surface area contributed by atoms with Gasteiger partial charge >= 0.3 is 6.36 Å². The number of nitrogens with zero attached hydrogens (tertiary/aromatic N) is 2. The van der Waals surface area contributed by atoms with E-state index in [9.17, 15) is 22.0 Å². The number of hydrogen-bond donors (Lipinski definition) is 0. The maximum Gasteiger partial charge on any atom is 0.573 e. The van der Waals surface area contributed by atoms with Crippen LogP contribution in [0.3, 0.4) is 0 Å². The Morgan fingerprint density at radius 1 is 1.41 bits per heavy atom. The molecule has 0 fully saturated rings. The van der Waals surface area contributed by atoms with Crippen LogP contribution in [-0.2, 0) is 0 Å². The Kier molecular flexibility index (Phi) is 3.50. The molecule has 0 bridgehead atoms. The summed E-state index contributed by atoms with van der Waals surface area (Å²) in [6.07, 6.45) is -7.51. The Hall–Kier alpha value is -1.91. The minimum absolute atomic E-state index is 0.455. The lowest BCUT2D eigenvalue weighted by Gasteiger charge is -2.14. The smallest absolute Gasteiger partial charge is 0.404 e. The molecule has 0 saturated heterocycles. The van der Waals surface area contributed by atoms with Crippen molar-refractivity contribution >= 4 is 0 Å². The van der Waals surface area contributed by atoms with Gasteiger partial charge in [0.2, 0.25) is 0 Å². The summed E-state index contributed by atoms with van der Waals surface area (Å²) in [7, 11) is 0. The number of pyridine rings is 1. The average Bonchev–Trinajstić information content (AvgIpc) is 2.18. The van der Waals surface area contributed by atoms with Crippen LogP contribution in [0.15, 0.2) is 6.20 Å². The number of nitriles is 1. The van der Waals surface area contributed by atoms with E-state index in [4.69, 9.17) is 5.26 Å². The zero-order valence-electron chi connectivity index (χ0n) is 8.35. The van der Waals surface area contributed by atoms with Crippen molar-refractivity contribution in [2.75, 3.05) is 0 Å². The van der Waals surface area contributed by atoms with E-state index in [2.05, 4.69) is 9.72 Å². The van der Waals surface area contributed by atoms with E-state index >= 15 is 0 Å². The highest BCUT2D eigenvalue weighted by molar-refractivity contribution is 5.45. The van der Waals surface area contributed by atoms with Crippen LogP contribution in [0, 0.1) is 18.3 Å². The highest BCUT2D eigenvalue weighted by Crippen LogP contribution is 2.33. The van der Waals surface area contributed by atoms with Crippen molar-refractivity contribution in [3.8, 4) is 11.8 Å². The molecule has 0 atom stereocenters. The van der Waals surface area contributed by atoms with Crippen molar-refractivity contribution in [2.45, 2.75) is 19.7 Å². The van der Waals surface area contributed by atoms with Crippen LogP contribution < -0.4 is 4.74 Å². The average molecular weight is 252 g/mol. The SMILES string of the molecule is Cc1c(OC(F)(F)F)cnc(C#N)c1C(F)F. The first-order chi connectivity index (χ1) is 7.76. The van der Waals surface area contributed by atoms with Crippen LogP contribution >= 0.6 is 0 Å². The fraction of sp³-hybridized carbons (Fsp3) is 0.333. The number of aromatic nitrogens is 1. The third-order valence-electron chi connectivity index (χ3n) is 1.89. The van der Waals surface area contributed by atoms with E-state index in [-0.39, 0.29) is 0 Å². The van der Waals surface area contributed by atoms with Gasteiger partial charge in [0.05, 0.1) is 11.8 Å². The maximum absolute atomic E-state index is 12.6. The molecule has 1 heterocycles. The van der Waals surface area contributed by atoms with Crippen molar-refractivity contribution in [2.24, 2.45) is 0 Å². The van der Waals surface area contributed by atoms with E-state index in [1.165, 1.54) is 6.07 Å². The molecule has 1 rings (SSSR count). The number of ether oxygens (including phenoxy) is 1. The fourth-order valence-electron chi connectivity index (χ4n) is 1.18. The lowest BCUT2D eigenvalue weighted by molar-refractivity contribution is -0.275. The molecule has 92 valence electrons. The van der Waals surface area contributed by atoms with Crippen LogP contribution in [0.5, 0.6) is 5.75 Å². The highest BCUT2D eigenvalue weighted by Gasteiger charge is 2.33. The van der Waals surface area contributed by atoms with Crippen LogP contribution in [0.25, 0.3) is 0 Å². The van der Waals surface area contributed by atoms with Gasteiger partial charge < -0.3 is 4.74 Å². The summed E-state index contributed by atoms with van der Waals surface area (Å²) in [6, 6.07) is 1.38. The predicted molar refractivity (Wildman–Crippen MR) is 45.3 cm³/mol. The topological polar surface area (TPSA) is 45.9 Å². The highest BCUT2D eigenvalue weighted by atomic mass is 19.4. The van der Waals surface area contributed by atoms with E-state index < -0.39 is 35.4 Å². The zero-order valence-corrected chi connectivity index (χ0v) is 8.35. The lowest BCUT2D eigenvalue weighted by atomic mass is 10.1. The lowest BCUT2D eigenvalue weighted by Crippen LogP contribution is -2.18. The second-order valence-corrected chi connectivity index (χ2v) is 2.97. The summed E-state index contributed by atoms with van der Waals surface area (Å²) in [5.74, 6) is -0.841. The van der Waals surface area contributed by atoms with Gasteiger partial charge in [-0.05, 0) is 6.92 Å². The van der Waals surface area contributed by atoms with Gasteiger partial charge in [0.15, 0.2) is 5.75 Å². The molecule has 3 nitrogen and oxygen atoms in total. The largest absolute Gasteiger partial charge is 0.573 e. The molecule has 0 amide bonds. The molecule has 0 aliphatic heterocycles. The minimum Gasteiger partial charge on any atom is -0.404 e. The molecule has 0 aliphatic carbocycles. The summed E-state index contributed by atoms with van der Waals surface area (Å²) in [4.78, 5) is 3.20. The molecule has 0 spiro atoms. The van der Waals surface area contributed by atoms with Gasteiger partial charge in [0.1, 0.15) is 11.8 Å². The second-order valence-electron chi connectivity index (χ2n) is 2.97. The first kappa shape index (κ1) is 13.2. The van der Waals surface area contributed by atoms with Crippen molar-refractivity contribution in [3.63, 3.8) is 0 Å². The molecule has 0 N–H and O–H groups in total. The van der Waals surface area contributed by atoms with Crippen molar-refractivity contribution in [1.82, 2.24) is 4.98 Å². The van der Waals surface area contributed by atoms with Gasteiger partial charge in [0, 0.05) is 5.56 Å². The van der Waals surface area contributed by atoms with E-state index in [0.717, 1.165) is 6.92 Å². The van der Waals surface area contributed by atoms with Gasteiger partial charge in [-0.2, -0.15) is 5.26 Å². The molecule has 1 aromatic rings. The Morgan fingerprint density at radius 2 is 2.00 bits per heavy atom. The first-order valence-electron chi connectivity index (χ1n) is 4.19. The number of halogens is 5. The molecule has 0 aromatic carbocycles. The Balaban J connectivity index is 3.30. The quantitative estimate of drug-likeness (QED) is 0.760. The second kappa shape index (κ2) is 4.53. The van der Waals surface area contributed by atoms with Crippen LogP contribution in [0.1, 0.15) is 23.2 Å². The molecule has 8 heteroatoms. The summed E-state index contributed by atoms with van der Waals surface area (Å²) in [6.45, 7) is 1.01. The van der Waals surface area contributed by atoms with Gasteiger partial charge in [-0.15, -0.1) is 13.2 Å². The Morgan fingerprint density at radius 3 is 2.41 bits per heavy atom. The Bertz CT molecular complexity index is 464. The fourth-order valence-corrected chi connectivity index (χ4v) is 1.18. The van der Waals surface area contributed by atoms with Gasteiger partial charge in [-0.25, -0.2) is 13.8 Å².